The highest BCUT2D eigenvalue weighted by molar-refractivity contribution is 6.07. The summed E-state index contributed by atoms with van der Waals surface area (Å²) in [5, 5.41) is 6.39. The lowest BCUT2D eigenvalue weighted by molar-refractivity contribution is -0.137. The summed E-state index contributed by atoms with van der Waals surface area (Å²) < 4.78 is 10.8. The molecule has 140 valence electrons. The molecule has 1 aliphatic heterocycles. The fourth-order valence-electron chi connectivity index (χ4n) is 3.67. The molecule has 1 amide bonds. The molecule has 6 heteroatoms. The molecular formula is C20H27N3O3. The molecule has 6 nitrogen and oxygen atoms in total. The molecular weight excluding hydrogens is 330 g/mol. The molecule has 2 atom stereocenters. The molecule has 0 saturated carbocycles. The number of nitrogens with two attached hydrogens (primary N) is 1. The van der Waals surface area contributed by atoms with Crippen molar-refractivity contribution in [3.63, 3.8) is 0 Å². The smallest absolute Gasteiger partial charge is 0.246 e. The lowest BCUT2D eigenvalue weighted by Crippen LogP contribution is -2.45. The number of carbonyl (C=O) groups excluding carboxylic acids is 1. The molecule has 0 fully saturated rings. The number of rotatable bonds is 7. The maximum atomic E-state index is 12.9. The molecule has 0 bridgehead atoms. The minimum absolute atomic E-state index is 0.0431. The first-order chi connectivity index (χ1) is 12.7. The molecule has 1 aliphatic carbocycles. The molecule has 0 saturated heterocycles. The van der Waals surface area contributed by atoms with Crippen molar-refractivity contribution in [3.05, 3.63) is 35.9 Å². The molecule has 0 unspecified atom stereocenters. The zero-order chi connectivity index (χ0) is 18.5. The highest BCUT2D eigenvalue weighted by Gasteiger charge is 2.39. The number of allylic oxidation sites excluding steroid dienone is 2. The minimum Gasteiger partial charge on any atom is -0.493 e. The van der Waals surface area contributed by atoms with Crippen molar-refractivity contribution in [2.75, 3.05) is 27.3 Å². The van der Waals surface area contributed by atoms with Crippen LogP contribution in [0.25, 0.3) is 0 Å². The quantitative estimate of drug-likeness (QED) is 0.601. The second-order valence-corrected chi connectivity index (χ2v) is 6.67. The molecule has 3 rings (SSSR count). The monoisotopic (exact) mass is 357 g/mol. The van der Waals surface area contributed by atoms with Crippen LogP contribution in [0.15, 0.2) is 35.5 Å². The SMILES string of the molecule is COc1ccc(C2=NN(CCCCN)C(=O)[C@@H]3CC=CC[C@H]23)cc1OC. The molecule has 2 N–H and O–H groups in total. The fourth-order valence-corrected chi connectivity index (χ4v) is 3.67. The summed E-state index contributed by atoms with van der Waals surface area (Å²) in [7, 11) is 3.24. The minimum atomic E-state index is -0.0431. The average Bonchev–Trinajstić information content (AvgIpc) is 2.69. The third kappa shape index (κ3) is 3.60. The first kappa shape index (κ1) is 18.5. The van der Waals surface area contributed by atoms with E-state index >= 15 is 0 Å². The van der Waals surface area contributed by atoms with E-state index in [0.717, 1.165) is 37.0 Å². The second-order valence-electron chi connectivity index (χ2n) is 6.67. The van der Waals surface area contributed by atoms with Gasteiger partial charge in [0.25, 0.3) is 0 Å². The maximum Gasteiger partial charge on any atom is 0.246 e. The summed E-state index contributed by atoms with van der Waals surface area (Å²) in [5.74, 6) is 1.54. The Hall–Kier alpha value is -2.34. The molecule has 1 aromatic rings. The van der Waals surface area contributed by atoms with Crippen LogP contribution in [0, 0.1) is 11.8 Å². The third-order valence-corrected chi connectivity index (χ3v) is 5.09. The molecule has 2 aliphatic rings. The van der Waals surface area contributed by atoms with Crippen LogP contribution in [0.5, 0.6) is 11.5 Å². The van der Waals surface area contributed by atoms with E-state index in [0.29, 0.717) is 24.6 Å². The first-order valence-electron chi connectivity index (χ1n) is 9.17. The van der Waals surface area contributed by atoms with Crippen LogP contribution in [-0.4, -0.2) is 43.9 Å². The summed E-state index contributed by atoms with van der Waals surface area (Å²) in [5.41, 5.74) is 7.52. The van der Waals surface area contributed by atoms with Crippen molar-refractivity contribution in [3.8, 4) is 11.5 Å². The van der Waals surface area contributed by atoms with Gasteiger partial charge in [0, 0.05) is 18.0 Å². The number of unbranched alkanes of at least 4 members (excludes halogenated alkanes) is 1. The summed E-state index contributed by atoms with van der Waals surface area (Å²) in [6.45, 7) is 1.24. The Morgan fingerprint density at radius 2 is 1.85 bits per heavy atom. The number of hydrazone groups is 1. The van der Waals surface area contributed by atoms with Crippen molar-refractivity contribution < 1.29 is 14.3 Å². The van der Waals surface area contributed by atoms with Gasteiger partial charge in [-0.1, -0.05) is 12.2 Å². The van der Waals surface area contributed by atoms with Gasteiger partial charge in [-0.2, -0.15) is 5.10 Å². The van der Waals surface area contributed by atoms with Gasteiger partial charge in [-0.25, -0.2) is 5.01 Å². The van der Waals surface area contributed by atoms with Crippen molar-refractivity contribution in [1.29, 1.82) is 0 Å². The van der Waals surface area contributed by atoms with Gasteiger partial charge in [-0.3, -0.25) is 4.79 Å². The predicted octanol–water partition coefficient (Wildman–Crippen LogP) is 2.57. The number of benzene rings is 1. The molecule has 0 radical (unpaired) electrons. The molecule has 1 heterocycles. The standard InChI is InChI=1S/C20H27N3O3/c1-25-17-10-9-14(13-18(17)26-2)19-15-7-3-4-8-16(15)20(24)23(22-19)12-6-5-11-21/h3-4,9-10,13,15-16H,5-8,11-12,21H2,1-2H3/t15-,16+/m0/s1. The average molecular weight is 357 g/mol. The normalized spacial score (nSPS) is 22.0. The zero-order valence-corrected chi connectivity index (χ0v) is 15.5. The number of nitrogens with zero attached hydrogens (tertiary/aromatic N) is 2. The Labute approximate surface area is 154 Å². The second kappa shape index (κ2) is 8.36. The van der Waals surface area contributed by atoms with Crippen molar-refractivity contribution >= 4 is 11.6 Å². The highest BCUT2D eigenvalue weighted by Crippen LogP contribution is 2.36. The van der Waals surface area contributed by atoms with Crippen LogP contribution >= 0.6 is 0 Å². The Morgan fingerprint density at radius 1 is 1.12 bits per heavy atom. The first-order valence-corrected chi connectivity index (χ1v) is 9.17. The highest BCUT2D eigenvalue weighted by atomic mass is 16.5. The van der Waals surface area contributed by atoms with Crippen LogP contribution in [0.1, 0.15) is 31.2 Å². The van der Waals surface area contributed by atoms with E-state index in [4.69, 9.17) is 20.3 Å². The molecule has 1 aromatic carbocycles. The maximum absolute atomic E-state index is 12.9. The van der Waals surface area contributed by atoms with E-state index < -0.39 is 0 Å². The fraction of sp³-hybridized carbons (Fsp3) is 0.500. The van der Waals surface area contributed by atoms with Crippen LogP contribution in [0.4, 0.5) is 0 Å². The number of methoxy groups -OCH3 is 2. The van der Waals surface area contributed by atoms with Crippen molar-refractivity contribution in [2.45, 2.75) is 25.7 Å². The lowest BCUT2D eigenvalue weighted by atomic mass is 9.76. The largest absolute Gasteiger partial charge is 0.493 e. The molecule has 0 aromatic heterocycles. The number of hydrogen-bond donors (Lipinski definition) is 1. The van der Waals surface area contributed by atoms with Gasteiger partial charge in [-0.05, 0) is 50.4 Å². The number of fused-ring (bicyclic) bond motifs is 1. The Kier molecular flexibility index (Phi) is 5.93. The summed E-state index contributed by atoms with van der Waals surface area (Å²) >= 11 is 0. The van der Waals surface area contributed by atoms with E-state index in [-0.39, 0.29) is 17.7 Å². The Morgan fingerprint density at radius 3 is 2.54 bits per heavy atom. The Bertz CT molecular complexity index is 714. The summed E-state index contributed by atoms with van der Waals surface area (Å²) in [6.07, 6.45) is 7.60. The number of amides is 1. The van der Waals surface area contributed by atoms with Gasteiger partial charge in [0.05, 0.1) is 25.8 Å². The summed E-state index contributed by atoms with van der Waals surface area (Å²) in [6, 6.07) is 5.82. The van der Waals surface area contributed by atoms with Crippen LogP contribution < -0.4 is 15.2 Å². The lowest BCUT2D eigenvalue weighted by Gasteiger charge is -2.37. The number of carbonyl (C=O) groups is 1. The van der Waals surface area contributed by atoms with Crippen LogP contribution in [0.2, 0.25) is 0 Å². The van der Waals surface area contributed by atoms with Crippen molar-refractivity contribution in [1.82, 2.24) is 5.01 Å². The van der Waals surface area contributed by atoms with Gasteiger partial charge in [-0.15, -0.1) is 0 Å². The zero-order valence-electron chi connectivity index (χ0n) is 15.5. The van der Waals surface area contributed by atoms with Gasteiger partial charge >= 0.3 is 0 Å². The number of hydrogen-bond acceptors (Lipinski definition) is 5. The van der Waals surface area contributed by atoms with Crippen LogP contribution in [-0.2, 0) is 4.79 Å². The van der Waals surface area contributed by atoms with Crippen LogP contribution in [0.3, 0.4) is 0 Å². The topological polar surface area (TPSA) is 77.1 Å². The number of ether oxygens (including phenoxy) is 2. The Balaban J connectivity index is 1.96. The van der Waals surface area contributed by atoms with Gasteiger partial charge in [0.1, 0.15) is 0 Å². The van der Waals surface area contributed by atoms with E-state index in [1.165, 1.54) is 0 Å². The summed E-state index contributed by atoms with van der Waals surface area (Å²) in [4.78, 5) is 12.9. The van der Waals surface area contributed by atoms with E-state index in [1.54, 1.807) is 19.2 Å². The van der Waals surface area contributed by atoms with Gasteiger partial charge in [0.2, 0.25) is 5.91 Å². The van der Waals surface area contributed by atoms with E-state index in [2.05, 4.69) is 12.2 Å². The van der Waals surface area contributed by atoms with Gasteiger partial charge in [0.15, 0.2) is 11.5 Å². The predicted molar refractivity (Wildman–Crippen MR) is 101 cm³/mol. The van der Waals surface area contributed by atoms with E-state index in [1.807, 2.05) is 18.2 Å². The van der Waals surface area contributed by atoms with Crippen molar-refractivity contribution in [2.24, 2.45) is 22.7 Å². The van der Waals surface area contributed by atoms with Gasteiger partial charge < -0.3 is 15.2 Å². The van der Waals surface area contributed by atoms with E-state index in [9.17, 15) is 4.79 Å². The molecule has 0 spiro atoms. The third-order valence-electron chi connectivity index (χ3n) is 5.09. The molecule has 26 heavy (non-hydrogen) atoms.